The molecule has 2 rings (SSSR count). The lowest BCUT2D eigenvalue weighted by Crippen LogP contribution is -2.24. The van der Waals surface area contributed by atoms with Crippen LogP contribution in [-0.2, 0) is 11.2 Å². The highest BCUT2D eigenvalue weighted by Crippen LogP contribution is 2.28. The molecule has 0 saturated carbocycles. The van der Waals surface area contributed by atoms with E-state index >= 15 is 0 Å². The van der Waals surface area contributed by atoms with Gasteiger partial charge in [-0.2, -0.15) is 0 Å². The molecule has 0 spiro atoms. The third-order valence-electron chi connectivity index (χ3n) is 3.27. The number of benzene rings is 1. The molecule has 22 heavy (non-hydrogen) atoms. The summed E-state index contributed by atoms with van der Waals surface area (Å²) in [4.78, 5) is 16.8. The van der Waals surface area contributed by atoms with E-state index in [2.05, 4.69) is 4.98 Å². The van der Waals surface area contributed by atoms with Crippen LogP contribution in [0.4, 0.5) is 5.69 Å². The molecule has 0 atom stereocenters. The van der Waals surface area contributed by atoms with E-state index in [0.717, 1.165) is 12.0 Å². The monoisotopic (exact) mass is 320 g/mol. The highest BCUT2D eigenvalue weighted by atomic mass is 35.5. The van der Waals surface area contributed by atoms with Gasteiger partial charge in [-0.05, 0) is 36.2 Å². The molecule has 0 fully saturated rings. The van der Waals surface area contributed by atoms with Crippen LogP contribution in [0.15, 0.2) is 36.5 Å². The van der Waals surface area contributed by atoms with Gasteiger partial charge in [-0.15, -0.1) is 0 Å². The number of carbonyl (C=O) groups is 1. The third-order valence-corrected chi connectivity index (χ3v) is 3.56. The normalized spacial score (nSPS) is 10.1. The number of ether oxygens (including phenoxy) is 2. The molecule has 1 heterocycles. The van der Waals surface area contributed by atoms with Gasteiger partial charge in [-0.3, -0.25) is 4.79 Å². The Labute approximate surface area is 134 Å². The molecule has 5 nitrogen and oxygen atoms in total. The van der Waals surface area contributed by atoms with Gasteiger partial charge in [0.15, 0.2) is 16.7 Å². The maximum absolute atomic E-state index is 11.3. The van der Waals surface area contributed by atoms with Crippen molar-refractivity contribution in [2.45, 2.75) is 6.42 Å². The number of carbonyl (C=O) groups excluding carboxylic acids is 1. The molecule has 0 unspecified atom stereocenters. The maximum Gasteiger partial charge on any atom is 0.214 e. The minimum absolute atomic E-state index is 0.307. The number of nitrogens with zero attached hydrogens (tertiary/aromatic N) is 2. The molecule has 0 N–H and O–H groups in total. The summed E-state index contributed by atoms with van der Waals surface area (Å²) >= 11 is 6.02. The zero-order chi connectivity index (χ0) is 15.9. The Kier molecular flexibility index (Phi) is 5.61. The van der Waals surface area contributed by atoms with Crippen LogP contribution in [0.25, 0.3) is 0 Å². The minimum Gasteiger partial charge on any atom is -0.493 e. The van der Waals surface area contributed by atoms with Crippen molar-refractivity contribution in [2.24, 2.45) is 0 Å². The second kappa shape index (κ2) is 7.66. The number of hydrogen-bond donors (Lipinski definition) is 0. The van der Waals surface area contributed by atoms with Crippen LogP contribution in [0, 0.1) is 0 Å². The third kappa shape index (κ3) is 3.68. The van der Waals surface area contributed by atoms with Gasteiger partial charge in [-0.1, -0.05) is 17.7 Å². The molecule has 0 bridgehead atoms. The van der Waals surface area contributed by atoms with E-state index in [1.165, 1.54) is 4.90 Å². The highest BCUT2D eigenvalue weighted by molar-refractivity contribution is 6.32. The number of methoxy groups -OCH3 is 2. The van der Waals surface area contributed by atoms with Crippen molar-refractivity contribution in [3.63, 3.8) is 0 Å². The molecule has 0 aliphatic rings. The largest absolute Gasteiger partial charge is 0.493 e. The lowest BCUT2D eigenvalue weighted by atomic mass is 10.1. The van der Waals surface area contributed by atoms with Crippen LogP contribution < -0.4 is 14.4 Å². The summed E-state index contributed by atoms with van der Waals surface area (Å²) in [6.45, 7) is 0.490. The summed E-state index contributed by atoms with van der Waals surface area (Å²) in [7, 11) is 3.19. The van der Waals surface area contributed by atoms with Crippen molar-refractivity contribution in [3.05, 3.63) is 47.2 Å². The number of pyridine rings is 1. The van der Waals surface area contributed by atoms with Crippen molar-refractivity contribution < 1.29 is 14.3 Å². The first-order valence-electron chi connectivity index (χ1n) is 6.73. The minimum atomic E-state index is 0.307. The summed E-state index contributed by atoms with van der Waals surface area (Å²) in [6, 6.07) is 9.19. The number of halogens is 1. The predicted octanol–water partition coefficient (Wildman–Crippen LogP) is 2.96. The Morgan fingerprint density at radius 2 is 2.00 bits per heavy atom. The van der Waals surface area contributed by atoms with Crippen molar-refractivity contribution in [2.75, 3.05) is 25.7 Å². The number of rotatable bonds is 7. The van der Waals surface area contributed by atoms with Gasteiger partial charge in [0, 0.05) is 12.7 Å². The molecule has 1 amide bonds. The van der Waals surface area contributed by atoms with Crippen LogP contribution in [0.5, 0.6) is 11.5 Å². The summed E-state index contributed by atoms with van der Waals surface area (Å²) in [5.74, 6) is 1.34. The molecule has 1 aromatic carbocycles. The lowest BCUT2D eigenvalue weighted by molar-refractivity contribution is -0.107. The average Bonchev–Trinajstić information content (AvgIpc) is 2.56. The summed E-state index contributed by atoms with van der Waals surface area (Å²) < 4.78 is 10.5. The Morgan fingerprint density at radius 3 is 2.64 bits per heavy atom. The van der Waals surface area contributed by atoms with Crippen molar-refractivity contribution in [1.29, 1.82) is 0 Å². The van der Waals surface area contributed by atoms with Crippen molar-refractivity contribution in [3.8, 4) is 11.5 Å². The molecule has 0 aliphatic heterocycles. The fraction of sp³-hybridized carbons (Fsp3) is 0.250. The Morgan fingerprint density at radius 1 is 1.23 bits per heavy atom. The molecule has 0 saturated heterocycles. The second-order valence-electron chi connectivity index (χ2n) is 4.55. The molecule has 116 valence electrons. The van der Waals surface area contributed by atoms with E-state index in [1.807, 2.05) is 18.2 Å². The number of aromatic nitrogens is 1. The van der Waals surface area contributed by atoms with Crippen LogP contribution in [-0.4, -0.2) is 32.2 Å². The average molecular weight is 321 g/mol. The van der Waals surface area contributed by atoms with E-state index in [-0.39, 0.29) is 0 Å². The van der Waals surface area contributed by atoms with Gasteiger partial charge in [0.2, 0.25) is 6.41 Å². The molecule has 6 heteroatoms. The van der Waals surface area contributed by atoms with Gasteiger partial charge in [-0.25, -0.2) is 4.98 Å². The smallest absolute Gasteiger partial charge is 0.214 e. The van der Waals surface area contributed by atoms with Gasteiger partial charge >= 0.3 is 0 Å². The summed E-state index contributed by atoms with van der Waals surface area (Å²) in [5.41, 5.74) is 1.63. The molecular weight excluding hydrogens is 304 g/mol. The van der Waals surface area contributed by atoms with Gasteiger partial charge in [0.05, 0.1) is 19.9 Å². The number of anilines is 1. The molecule has 0 aliphatic carbocycles. The molecule has 0 radical (unpaired) electrons. The molecular formula is C16H17ClN2O3. The quantitative estimate of drug-likeness (QED) is 0.581. The van der Waals surface area contributed by atoms with Crippen LogP contribution in [0.3, 0.4) is 0 Å². The van der Waals surface area contributed by atoms with Gasteiger partial charge in [0.1, 0.15) is 0 Å². The zero-order valence-electron chi connectivity index (χ0n) is 12.5. The summed E-state index contributed by atoms with van der Waals surface area (Å²) in [5, 5.41) is 0.307. The van der Waals surface area contributed by atoms with Crippen molar-refractivity contribution >= 4 is 23.7 Å². The Bertz CT molecular complexity index is 649. The molecule has 1 aromatic heterocycles. The van der Waals surface area contributed by atoms with E-state index < -0.39 is 0 Å². The van der Waals surface area contributed by atoms with E-state index in [1.54, 1.807) is 32.5 Å². The first-order valence-corrected chi connectivity index (χ1v) is 7.10. The van der Waals surface area contributed by atoms with E-state index in [4.69, 9.17) is 21.1 Å². The van der Waals surface area contributed by atoms with Crippen molar-refractivity contribution in [1.82, 2.24) is 4.98 Å². The van der Waals surface area contributed by atoms with Crippen LogP contribution in [0.1, 0.15) is 5.56 Å². The predicted molar refractivity (Wildman–Crippen MR) is 85.9 cm³/mol. The highest BCUT2D eigenvalue weighted by Gasteiger charge is 2.11. The van der Waals surface area contributed by atoms with Crippen LogP contribution in [0.2, 0.25) is 5.15 Å². The SMILES string of the molecule is COc1ccc(CCN(C=O)c2cccnc2Cl)cc1OC. The van der Waals surface area contributed by atoms with Gasteiger partial charge in [0.25, 0.3) is 0 Å². The van der Waals surface area contributed by atoms with Gasteiger partial charge < -0.3 is 14.4 Å². The second-order valence-corrected chi connectivity index (χ2v) is 4.91. The fourth-order valence-electron chi connectivity index (χ4n) is 2.11. The lowest BCUT2D eigenvalue weighted by Gasteiger charge is -2.18. The van der Waals surface area contributed by atoms with E-state index in [9.17, 15) is 4.79 Å². The Balaban J connectivity index is 2.11. The topological polar surface area (TPSA) is 51.7 Å². The van der Waals surface area contributed by atoms with E-state index in [0.29, 0.717) is 35.3 Å². The number of hydrogen-bond acceptors (Lipinski definition) is 4. The first kappa shape index (κ1) is 16.1. The summed E-state index contributed by atoms with van der Waals surface area (Å²) in [6.07, 6.45) is 3.00. The standard InChI is InChI=1S/C16H17ClN2O3/c1-21-14-6-5-12(10-15(14)22-2)7-9-19(11-20)13-4-3-8-18-16(13)17/h3-6,8,10-11H,7,9H2,1-2H3. The Hall–Kier alpha value is -2.27. The molecule has 2 aromatic rings. The van der Waals surface area contributed by atoms with Crippen LogP contribution >= 0.6 is 11.6 Å². The first-order chi connectivity index (χ1) is 10.7. The zero-order valence-corrected chi connectivity index (χ0v) is 13.2. The number of amides is 1. The maximum atomic E-state index is 11.3. The fourth-order valence-corrected chi connectivity index (χ4v) is 2.34.